The van der Waals surface area contributed by atoms with E-state index in [0.29, 0.717) is 5.56 Å². The van der Waals surface area contributed by atoms with Crippen molar-refractivity contribution in [2.45, 2.75) is 22.9 Å². The van der Waals surface area contributed by atoms with Crippen molar-refractivity contribution in [3.8, 4) is 0 Å². The summed E-state index contributed by atoms with van der Waals surface area (Å²) in [5, 5.41) is 0. The van der Waals surface area contributed by atoms with Gasteiger partial charge in [0.15, 0.2) is 0 Å². The Morgan fingerprint density at radius 1 is 1.47 bits per heavy atom. The molecule has 0 amide bonds. The lowest BCUT2D eigenvalue weighted by Crippen LogP contribution is -2.33. The number of ether oxygens (including phenoxy) is 1. The molecule has 0 saturated heterocycles. The molecule has 0 aliphatic carbocycles. The predicted molar refractivity (Wildman–Crippen MR) is 69.3 cm³/mol. The number of nitrogens with two attached hydrogens (primary N) is 1. The van der Waals surface area contributed by atoms with Crippen LogP contribution in [-0.2, 0) is 16.0 Å². The van der Waals surface area contributed by atoms with Gasteiger partial charge in [0, 0.05) is 4.90 Å². The maximum atomic E-state index is 12.2. The summed E-state index contributed by atoms with van der Waals surface area (Å²) in [6.45, 7) is 0. The summed E-state index contributed by atoms with van der Waals surface area (Å²) in [6, 6.07) is 4.95. The highest BCUT2D eigenvalue weighted by atomic mass is 35.5. The molecule has 0 saturated carbocycles. The molecule has 3 nitrogen and oxygen atoms in total. The average Bonchev–Trinajstić information content (AvgIpc) is 2.26. The molecule has 1 rings (SSSR count). The maximum Gasteiger partial charge on any atom is 0.446 e. The SMILES string of the molecule is COC(=O)C(N)Cc1cccc(SC(F)(F)F)c1.Cl. The van der Waals surface area contributed by atoms with Gasteiger partial charge in [-0.05, 0) is 35.9 Å². The van der Waals surface area contributed by atoms with E-state index in [1.807, 2.05) is 0 Å². The summed E-state index contributed by atoms with van der Waals surface area (Å²) >= 11 is -0.201. The van der Waals surface area contributed by atoms with Gasteiger partial charge in [0.25, 0.3) is 0 Å². The Morgan fingerprint density at radius 3 is 2.63 bits per heavy atom. The lowest BCUT2D eigenvalue weighted by molar-refractivity contribution is -0.142. The number of esters is 1. The van der Waals surface area contributed by atoms with Gasteiger partial charge in [-0.1, -0.05) is 12.1 Å². The van der Waals surface area contributed by atoms with E-state index in [1.54, 1.807) is 6.07 Å². The smallest absolute Gasteiger partial charge is 0.446 e. The molecular weight excluding hydrogens is 303 g/mol. The van der Waals surface area contributed by atoms with Crippen molar-refractivity contribution in [2.24, 2.45) is 5.73 Å². The van der Waals surface area contributed by atoms with Gasteiger partial charge in [-0.25, -0.2) is 0 Å². The Morgan fingerprint density at radius 2 is 2.11 bits per heavy atom. The maximum absolute atomic E-state index is 12.2. The average molecular weight is 316 g/mol. The van der Waals surface area contributed by atoms with E-state index in [2.05, 4.69) is 4.74 Å². The predicted octanol–water partition coefficient (Wildman–Crippen LogP) is 2.76. The van der Waals surface area contributed by atoms with Crippen molar-refractivity contribution in [2.75, 3.05) is 7.11 Å². The van der Waals surface area contributed by atoms with Gasteiger partial charge in [-0.15, -0.1) is 12.4 Å². The van der Waals surface area contributed by atoms with Gasteiger partial charge < -0.3 is 10.5 Å². The molecule has 1 unspecified atom stereocenters. The zero-order valence-corrected chi connectivity index (χ0v) is 11.6. The Bertz CT molecular complexity index is 429. The molecule has 1 aromatic carbocycles. The number of thioether (sulfide) groups is 1. The van der Waals surface area contributed by atoms with Crippen molar-refractivity contribution in [3.05, 3.63) is 29.8 Å². The summed E-state index contributed by atoms with van der Waals surface area (Å²) < 4.78 is 41.0. The molecule has 19 heavy (non-hydrogen) atoms. The highest BCUT2D eigenvalue weighted by Crippen LogP contribution is 2.36. The number of hydrogen-bond acceptors (Lipinski definition) is 4. The molecule has 0 spiro atoms. The van der Waals surface area contributed by atoms with E-state index in [0.717, 1.165) is 0 Å². The molecule has 1 atom stereocenters. The van der Waals surface area contributed by atoms with E-state index in [4.69, 9.17) is 5.73 Å². The van der Waals surface area contributed by atoms with Crippen LogP contribution in [0.3, 0.4) is 0 Å². The molecule has 0 fully saturated rings. The van der Waals surface area contributed by atoms with Gasteiger partial charge in [-0.3, -0.25) is 4.79 Å². The molecule has 0 radical (unpaired) electrons. The van der Waals surface area contributed by atoms with Crippen LogP contribution in [0.2, 0.25) is 0 Å². The number of halogens is 4. The number of hydrogen-bond donors (Lipinski definition) is 1. The Kier molecular flexibility index (Phi) is 7.25. The highest BCUT2D eigenvalue weighted by molar-refractivity contribution is 8.00. The monoisotopic (exact) mass is 315 g/mol. The van der Waals surface area contributed by atoms with E-state index in [9.17, 15) is 18.0 Å². The molecule has 108 valence electrons. The molecule has 0 aliphatic rings. The van der Waals surface area contributed by atoms with E-state index >= 15 is 0 Å². The van der Waals surface area contributed by atoms with Crippen molar-refractivity contribution in [3.63, 3.8) is 0 Å². The molecule has 0 aromatic heterocycles. The highest BCUT2D eigenvalue weighted by Gasteiger charge is 2.29. The molecule has 1 aromatic rings. The minimum absolute atomic E-state index is 0. The first-order chi connectivity index (χ1) is 8.31. The van der Waals surface area contributed by atoms with Gasteiger partial charge in [0.05, 0.1) is 7.11 Å². The summed E-state index contributed by atoms with van der Waals surface area (Å²) in [5.41, 5.74) is 1.76. The third kappa shape index (κ3) is 6.70. The van der Waals surface area contributed by atoms with Gasteiger partial charge in [0.1, 0.15) is 6.04 Å². The largest absolute Gasteiger partial charge is 0.468 e. The number of carbonyl (C=O) groups is 1. The van der Waals surface area contributed by atoms with Crippen molar-refractivity contribution in [1.82, 2.24) is 0 Å². The fourth-order valence-electron chi connectivity index (χ4n) is 1.36. The molecular formula is C11H13ClF3NO2S. The molecule has 0 aliphatic heterocycles. The fraction of sp³-hybridized carbons (Fsp3) is 0.364. The van der Waals surface area contributed by atoms with Gasteiger partial charge in [-0.2, -0.15) is 13.2 Å². The van der Waals surface area contributed by atoms with Crippen LogP contribution in [0.5, 0.6) is 0 Å². The van der Waals surface area contributed by atoms with E-state index in [1.165, 1.54) is 25.3 Å². The standard InChI is InChI=1S/C11H12F3NO2S.ClH/c1-17-10(16)9(15)6-7-3-2-4-8(5-7)18-11(12,13)14;/h2-5,9H,6,15H2,1H3;1H. The Labute approximate surface area is 119 Å². The molecule has 0 bridgehead atoms. The number of benzene rings is 1. The van der Waals surface area contributed by atoms with Crippen LogP contribution in [-0.4, -0.2) is 24.6 Å². The van der Waals surface area contributed by atoms with Crippen molar-refractivity contribution >= 4 is 30.1 Å². The molecule has 8 heteroatoms. The molecule has 0 heterocycles. The third-order valence-corrected chi connectivity index (χ3v) is 2.81. The Balaban J connectivity index is 0.00000324. The van der Waals surface area contributed by atoms with Crippen LogP contribution < -0.4 is 5.73 Å². The normalized spacial score (nSPS) is 12.5. The molecule has 2 N–H and O–H groups in total. The first-order valence-electron chi connectivity index (χ1n) is 5.00. The van der Waals surface area contributed by atoms with E-state index in [-0.39, 0.29) is 35.5 Å². The third-order valence-electron chi connectivity index (χ3n) is 2.09. The van der Waals surface area contributed by atoms with Crippen molar-refractivity contribution in [1.29, 1.82) is 0 Å². The van der Waals surface area contributed by atoms with Crippen LogP contribution in [0.4, 0.5) is 13.2 Å². The zero-order valence-electron chi connectivity index (χ0n) is 9.94. The zero-order chi connectivity index (χ0) is 13.8. The number of carbonyl (C=O) groups excluding carboxylic acids is 1. The second-order valence-electron chi connectivity index (χ2n) is 3.53. The summed E-state index contributed by atoms with van der Waals surface area (Å²) in [6.07, 6.45) is 0.138. The fourth-order valence-corrected chi connectivity index (χ4v) is 1.98. The van der Waals surface area contributed by atoms with Crippen LogP contribution in [0.25, 0.3) is 0 Å². The lowest BCUT2D eigenvalue weighted by Gasteiger charge is -2.11. The minimum atomic E-state index is -4.33. The number of methoxy groups -OCH3 is 1. The second kappa shape index (κ2) is 7.62. The van der Waals surface area contributed by atoms with Crippen molar-refractivity contribution < 1.29 is 22.7 Å². The number of alkyl halides is 3. The number of rotatable bonds is 4. The summed E-state index contributed by atoms with van der Waals surface area (Å²) in [5.74, 6) is -0.594. The van der Waals surface area contributed by atoms with Crippen LogP contribution in [0, 0.1) is 0 Å². The minimum Gasteiger partial charge on any atom is -0.468 e. The quantitative estimate of drug-likeness (QED) is 0.685. The van der Waals surface area contributed by atoms with Gasteiger partial charge in [0.2, 0.25) is 0 Å². The first-order valence-corrected chi connectivity index (χ1v) is 5.81. The second-order valence-corrected chi connectivity index (χ2v) is 4.67. The first kappa shape index (κ1) is 18.1. The lowest BCUT2D eigenvalue weighted by atomic mass is 10.1. The topological polar surface area (TPSA) is 52.3 Å². The van der Waals surface area contributed by atoms with E-state index < -0.39 is 17.5 Å². The van der Waals surface area contributed by atoms with Crippen LogP contribution in [0.1, 0.15) is 5.56 Å². The summed E-state index contributed by atoms with van der Waals surface area (Å²) in [4.78, 5) is 11.2. The van der Waals surface area contributed by atoms with Gasteiger partial charge >= 0.3 is 11.5 Å². The van der Waals surface area contributed by atoms with Crippen LogP contribution >= 0.6 is 24.2 Å². The summed E-state index contributed by atoms with van der Waals surface area (Å²) in [7, 11) is 1.21. The van der Waals surface area contributed by atoms with Crippen LogP contribution in [0.15, 0.2) is 29.2 Å². The Hall–Kier alpha value is -0.920.